The molecule has 0 bridgehead atoms. The number of likely N-dealkylation sites (N-methyl/N-ethyl adjacent to an activating group) is 1. The molecule has 88 valence electrons. The van der Waals surface area contributed by atoms with Crippen LogP contribution in [0, 0.1) is 6.92 Å². The number of amides is 1. The average Bonchev–Trinajstić information content (AvgIpc) is 2.26. The van der Waals surface area contributed by atoms with Crippen LogP contribution in [0.5, 0.6) is 5.75 Å². The van der Waals surface area contributed by atoms with Crippen molar-refractivity contribution in [1.82, 2.24) is 5.32 Å². The molecule has 16 heavy (non-hydrogen) atoms. The maximum Gasteiger partial charge on any atom is 0.257 e. The molecule has 0 aliphatic rings. The number of carbonyl (C=O) groups excluding carboxylic acids is 1. The van der Waals surface area contributed by atoms with Gasteiger partial charge in [-0.05, 0) is 19.9 Å². The Morgan fingerprint density at radius 1 is 1.56 bits per heavy atom. The Labute approximate surface area is 95.8 Å². The molecule has 0 unspecified atom stereocenters. The summed E-state index contributed by atoms with van der Waals surface area (Å²) in [7, 11) is 1.58. The Morgan fingerprint density at radius 2 is 2.25 bits per heavy atom. The van der Waals surface area contributed by atoms with Crippen molar-refractivity contribution in [3.8, 4) is 5.75 Å². The second-order valence-corrected chi connectivity index (χ2v) is 3.79. The number of rotatable bonds is 4. The summed E-state index contributed by atoms with van der Waals surface area (Å²) in [5.41, 5.74) is 7.89. The molecular weight excluding hydrogens is 204 g/mol. The van der Waals surface area contributed by atoms with Crippen molar-refractivity contribution in [3.63, 3.8) is 0 Å². The first-order chi connectivity index (χ1) is 7.54. The van der Waals surface area contributed by atoms with E-state index in [-0.39, 0.29) is 18.6 Å². The lowest BCUT2D eigenvalue weighted by Crippen LogP contribution is -2.25. The molecule has 0 heterocycles. The summed E-state index contributed by atoms with van der Waals surface area (Å²) in [5, 5.41) is 2.50. The minimum atomic E-state index is -0.156. The smallest absolute Gasteiger partial charge is 0.257 e. The minimum absolute atomic E-state index is 0.0132. The highest BCUT2D eigenvalue weighted by Crippen LogP contribution is 2.24. The molecule has 0 radical (unpaired) electrons. The van der Waals surface area contributed by atoms with Gasteiger partial charge >= 0.3 is 0 Å². The molecule has 1 atom stereocenters. The molecule has 1 rings (SSSR count). The van der Waals surface area contributed by atoms with Gasteiger partial charge in [0.1, 0.15) is 5.75 Å². The third-order valence-corrected chi connectivity index (χ3v) is 2.29. The van der Waals surface area contributed by atoms with Gasteiger partial charge in [0.05, 0.1) is 0 Å². The summed E-state index contributed by atoms with van der Waals surface area (Å²) in [5.74, 6) is 0.514. The van der Waals surface area contributed by atoms with E-state index in [1.165, 1.54) is 0 Å². The van der Waals surface area contributed by atoms with Gasteiger partial charge < -0.3 is 15.8 Å². The van der Waals surface area contributed by atoms with Gasteiger partial charge in [-0.3, -0.25) is 4.79 Å². The number of nitrogens with two attached hydrogens (primary N) is 1. The van der Waals surface area contributed by atoms with Crippen LogP contribution in [0.2, 0.25) is 0 Å². The normalized spacial score (nSPS) is 12.0. The van der Waals surface area contributed by atoms with Gasteiger partial charge in [0.2, 0.25) is 0 Å². The predicted molar refractivity (Wildman–Crippen MR) is 63.3 cm³/mol. The van der Waals surface area contributed by atoms with Gasteiger partial charge in [0.15, 0.2) is 6.61 Å². The standard InChI is InChI=1S/C12H18N2O2/c1-8-4-5-11(10(6-8)9(2)13)16-7-12(15)14-3/h4-6,9H,7,13H2,1-3H3,(H,14,15)/t9-/m0/s1. The fraction of sp³-hybridized carbons (Fsp3) is 0.417. The minimum Gasteiger partial charge on any atom is -0.483 e. The summed E-state index contributed by atoms with van der Waals surface area (Å²) in [6, 6.07) is 5.64. The van der Waals surface area contributed by atoms with E-state index in [4.69, 9.17) is 10.5 Å². The lowest BCUT2D eigenvalue weighted by molar-refractivity contribution is -0.122. The highest BCUT2D eigenvalue weighted by Gasteiger charge is 2.09. The summed E-state index contributed by atoms with van der Waals surface area (Å²) in [6.45, 7) is 3.90. The number of aryl methyl sites for hydroxylation is 1. The van der Waals surface area contributed by atoms with E-state index < -0.39 is 0 Å². The zero-order chi connectivity index (χ0) is 12.1. The maximum absolute atomic E-state index is 11.1. The molecule has 1 aromatic carbocycles. The second kappa shape index (κ2) is 5.51. The van der Waals surface area contributed by atoms with Crippen LogP contribution in [-0.2, 0) is 4.79 Å². The van der Waals surface area contributed by atoms with Gasteiger partial charge in [0.25, 0.3) is 5.91 Å². The summed E-state index contributed by atoms with van der Waals surface area (Å²) in [4.78, 5) is 11.1. The second-order valence-electron chi connectivity index (χ2n) is 3.79. The molecule has 1 amide bonds. The van der Waals surface area contributed by atoms with Crippen molar-refractivity contribution in [1.29, 1.82) is 0 Å². The lowest BCUT2D eigenvalue weighted by atomic mass is 10.1. The van der Waals surface area contributed by atoms with E-state index in [2.05, 4.69) is 5.32 Å². The summed E-state index contributed by atoms with van der Waals surface area (Å²) >= 11 is 0. The molecule has 0 aromatic heterocycles. The van der Waals surface area contributed by atoms with Gasteiger partial charge in [-0.1, -0.05) is 17.7 Å². The van der Waals surface area contributed by atoms with E-state index in [1.54, 1.807) is 7.05 Å². The van der Waals surface area contributed by atoms with E-state index in [1.807, 2.05) is 32.0 Å². The molecule has 0 fully saturated rings. The van der Waals surface area contributed by atoms with Crippen LogP contribution in [0.15, 0.2) is 18.2 Å². The fourth-order valence-electron chi connectivity index (χ4n) is 1.37. The number of carbonyl (C=O) groups is 1. The topological polar surface area (TPSA) is 64.3 Å². The van der Waals surface area contributed by atoms with Gasteiger partial charge in [-0.25, -0.2) is 0 Å². The van der Waals surface area contributed by atoms with Crippen LogP contribution in [0.4, 0.5) is 0 Å². The van der Waals surface area contributed by atoms with Gasteiger partial charge in [-0.15, -0.1) is 0 Å². The SMILES string of the molecule is CNC(=O)COc1ccc(C)cc1[C@H](C)N. The van der Waals surface area contributed by atoms with E-state index in [0.29, 0.717) is 5.75 Å². The molecule has 3 N–H and O–H groups in total. The first-order valence-electron chi connectivity index (χ1n) is 5.24. The molecule has 0 aliphatic carbocycles. The Balaban J connectivity index is 2.82. The number of nitrogens with one attached hydrogen (secondary N) is 1. The molecule has 4 heteroatoms. The number of hydrogen-bond donors (Lipinski definition) is 2. The first-order valence-corrected chi connectivity index (χ1v) is 5.24. The Bertz CT molecular complexity index is 375. The van der Waals surface area contributed by atoms with Crippen molar-refractivity contribution >= 4 is 5.91 Å². The Hall–Kier alpha value is -1.55. The zero-order valence-corrected chi connectivity index (χ0v) is 9.91. The molecule has 4 nitrogen and oxygen atoms in total. The van der Waals surface area contributed by atoms with Crippen LogP contribution in [0.3, 0.4) is 0 Å². The highest BCUT2D eigenvalue weighted by molar-refractivity contribution is 5.77. The van der Waals surface area contributed by atoms with Crippen LogP contribution < -0.4 is 15.8 Å². The summed E-state index contributed by atoms with van der Waals surface area (Å²) in [6.07, 6.45) is 0. The van der Waals surface area contributed by atoms with Crippen molar-refractivity contribution in [2.45, 2.75) is 19.9 Å². The number of benzene rings is 1. The van der Waals surface area contributed by atoms with E-state index >= 15 is 0 Å². The molecule has 0 saturated carbocycles. The number of hydrogen-bond acceptors (Lipinski definition) is 3. The van der Waals surface area contributed by atoms with Crippen molar-refractivity contribution in [2.75, 3.05) is 13.7 Å². The molecule has 0 saturated heterocycles. The maximum atomic E-state index is 11.1. The largest absolute Gasteiger partial charge is 0.483 e. The first kappa shape index (κ1) is 12.5. The monoisotopic (exact) mass is 222 g/mol. The molecule has 0 aliphatic heterocycles. The Morgan fingerprint density at radius 3 is 2.81 bits per heavy atom. The number of ether oxygens (including phenoxy) is 1. The summed E-state index contributed by atoms with van der Waals surface area (Å²) < 4.78 is 5.41. The highest BCUT2D eigenvalue weighted by atomic mass is 16.5. The lowest BCUT2D eigenvalue weighted by Gasteiger charge is -2.14. The molecule has 0 spiro atoms. The quantitative estimate of drug-likeness (QED) is 0.803. The van der Waals surface area contributed by atoms with Crippen LogP contribution in [0.25, 0.3) is 0 Å². The predicted octanol–water partition coefficient (Wildman–Crippen LogP) is 1.14. The van der Waals surface area contributed by atoms with E-state index in [9.17, 15) is 4.79 Å². The van der Waals surface area contributed by atoms with Crippen molar-refractivity contribution < 1.29 is 9.53 Å². The van der Waals surface area contributed by atoms with Gasteiger partial charge in [0, 0.05) is 18.7 Å². The Kier molecular flexibility index (Phi) is 4.31. The average molecular weight is 222 g/mol. The third kappa shape index (κ3) is 3.24. The zero-order valence-electron chi connectivity index (χ0n) is 9.91. The molecular formula is C12H18N2O2. The van der Waals surface area contributed by atoms with E-state index in [0.717, 1.165) is 11.1 Å². The van der Waals surface area contributed by atoms with Gasteiger partial charge in [-0.2, -0.15) is 0 Å². The molecule has 1 aromatic rings. The van der Waals surface area contributed by atoms with Crippen molar-refractivity contribution in [2.24, 2.45) is 5.73 Å². The fourth-order valence-corrected chi connectivity index (χ4v) is 1.37. The van der Waals surface area contributed by atoms with Crippen LogP contribution in [-0.4, -0.2) is 19.6 Å². The third-order valence-electron chi connectivity index (χ3n) is 2.29. The van der Waals surface area contributed by atoms with Crippen LogP contribution in [0.1, 0.15) is 24.1 Å². The van der Waals surface area contributed by atoms with Crippen molar-refractivity contribution in [3.05, 3.63) is 29.3 Å². The van der Waals surface area contributed by atoms with Crippen LogP contribution >= 0.6 is 0 Å².